The van der Waals surface area contributed by atoms with Crippen molar-refractivity contribution in [1.29, 1.82) is 0 Å². The summed E-state index contributed by atoms with van der Waals surface area (Å²) in [4.78, 5) is 12.2. The SMILES string of the molecule is Cc1cc2c(o1)CC(C)(C)C[C@@H]2NC(=O)NC[C@@H]1COCCO1. The van der Waals surface area contributed by atoms with Crippen LogP contribution in [0.15, 0.2) is 10.5 Å². The molecule has 1 aromatic rings. The number of carbonyl (C=O) groups excluding carboxylic acids is 1. The van der Waals surface area contributed by atoms with Gasteiger partial charge in [0.15, 0.2) is 0 Å². The minimum Gasteiger partial charge on any atom is -0.466 e. The number of carbonyl (C=O) groups is 1. The zero-order valence-electron chi connectivity index (χ0n) is 14.1. The third-order valence-corrected chi connectivity index (χ3v) is 4.42. The monoisotopic (exact) mass is 322 g/mol. The molecule has 6 nitrogen and oxygen atoms in total. The molecule has 1 aliphatic carbocycles. The van der Waals surface area contributed by atoms with Gasteiger partial charge in [-0.1, -0.05) is 13.8 Å². The molecule has 2 amide bonds. The maximum atomic E-state index is 12.2. The average Bonchev–Trinajstić information content (AvgIpc) is 2.85. The van der Waals surface area contributed by atoms with Gasteiger partial charge >= 0.3 is 6.03 Å². The summed E-state index contributed by atoms with van der Waals surface area (Å²) in [6, 6.07) is 1.84. The van der Waals surface area contributed by atoms with Gasteiger partial charge in [-0.2, -0.15) is 0 Å². The lowest BCUT2D eigenvalue weighted by Gasteiger charge is -2.34. The zero-order valence-corrected chi connectivity index (χ0v) is 14.1. The second-order valence-electron chi connectivity index (χ2n) is 7.26. The lowest BCUT2D eigenvalue weighted by Crippen LogP contribution is -2.46. The van der Waals surface area contributed by atoms with Gasteiger partial charge in [0.05, 0.1) is 32.0 Å². The van der Waals surface area contributed by atoms with Crippen molar-refractivity contribution in [3.63, 3.8) is 0 Å². The molecule has 2 N–H and O–H groups in total. The van der Waals surface area contributed by atoms with Crippen molar-refractivity contribution in [2.45, 2.75) is 45.8 Å². The van der Waals surface area contributed by atoms with E-state index in [9.17, 15) is 4.79 Å². The van der Waals surface area contributed by atoms with E-state index in [1.54, 1.807) is 0 Å². The number of nitrogens with one attached hydrogen (secondary N) is 2. The molecule has 23 heavy (non-hydrogen) atoms. The molecule has 2 atom stereocenters. The minimum absolute atomic E-state index is 0.0188. The normalized spacial score (nSPS) is 26.4. The Morgan fingerprint density at radius 3 is 2.96 bits per heavy atom. The van der Waals surface area contributed by atoms with Crippen LogP contribution in [0, 0.1) is 12.3 Å². The molecule has 0 unspecified atom stereocenters. The van der Waals surface area contributed by atoms with E-state index in [0.29, 0.717) is 26.4 Å². The molecule has 1 fully saturated rings. The van der Waals surface area contributed by atoms with Crippen molar-refractivity contribution in [2.24, 2.45) is 5.41 Å². The van der Waals surface area contributed by atoms with Gasteiger partial charge in [-0.15, -0.1) is 0 Å². The number of aryl methyl sites for hydroxylation is 1. The summed E-state index contributed by atoms with van der Waals surface area (Å²) >= 11 is 0. The molecule has 0 saturated carbocycles. The van der Waals surface area contributed by atoms with Crippen LogP contribution in [0.4, 0.5) is 4.79 Å². The van der Waals surface area contributed by atoms with Crippen LogP contribution in [0.2, 0.25) is 0 Å². The van der Waals surface area contributed by atoms with Crippen LogP contribution in [-0.2, 0) is 15.9 Å². The molecule has 2 aliphatic rings. The molecule has 1 aromatic heterocycles. The Balaban J connectivity index is 1.59. The molecule has 0 radical (unpaired) electrons. The highest BCUT2D eigenvalue weighted by molar-refractivity contribution is 5.74. The fourth-order valence-corrected chi connectivity index (χ4v) is 3.38. The summed E-state index contributed by atoms with van der Waals surface area (Å²) in [5.41, 5.74) is 1.21. The maximum Gasteiger partial charge on any atom is 0.315 e. The summed E-state index contributed by atoms with van der Waals surface area (Å²) in [5.74, 6) is 1.89. The van der Waals surface area contributed by atoms with Crippen LogP contribution in [0.3, 0.4) is 0 Å². The smallest absolute Gasteiger partial charge is 0.315 e. The Morgan fingerprint density at radius 2 is 2.22 bits per heavy atom. The maximum absolute atomic E-state index is 12.2. The Kier molecular flexibility index (Phi) is 4.64. The van der Waals surface area contributed by atoms with Crippen molar-refractivity contribution >= 4 is 6.03 Å². The van der Waals surface area contributed by atoms with E-state index >= 15 is 0 Å². The number of ether oxygens (including phenoxy) is 2. The summed E-state index contributed by atoms with van der Waals surface area (Å²) in [6.45, 7) is 8.55. The summed E-state index contributed by atoms with van der Waals surface area (Å²) in [6.07, 6.45) is 1.74. The van der Waals surface area contributed by atoms with E-state index in [1.807, 2.05) is 13.0 Å². The quantitative estimate of drug-likeness (QED) is 0.896. The van der Waals surface area contributed by atoms with E-state index in [1.165, 1.54) is 0 Å². The van der Waals surface area contributed by atoms with Gasteiger partial charge < -0.3 is 24.5 Å². The van der Waals surface area contributed by atoms with Gasteiger partial charge in [-0.25, -0.2) is 4.79 Å². The Morgan fingerprint density at radius 1 is 1.39 bits per heavy atom. The highest BCUT2D eigenvalue weighted by Crippen LogP contribution is 2.41. The number of hydrogen-bond donors (Lipinski definition) is 2. The van der Waals surface area contributed by atoms with Gasteiger partial charge in [0.1, 0.15) is 11.5 Å². The average molecular weight is 322 g/mol. The molecule has 6 heteroatoms. The van der Waals surface area contributed by atoms with Crippen molar-refractivity contribution < 1.29 is 18.7 Å². The van der Waals surface area contributed by atoms with Crippen LogP contribution in [0.25, 0.3) is 0 Å². The number of furan rings is 1. The van der Waals surface area contributed by atoms with Gasteiger partial charge in [0, 0.05) is 18.5 Å². The Hall–Kier alpha value is -1.53. The first-order valence-corrected chi connectivity index (χ1v) is 8.26. The Bertz CT molecular complexity index is 561. The standard InChI is InChI=1S/C17H26N2O4/c1-11-6-13-14(7-17(2,3)8-15(13)23-11)19-16(20)18-9-12-10-21-4-5-22-12/h6,12,14H,4-5,7-10H2,1-3H3,(H2,18,19,20)/t12-,14+/m1/s1. The summed E-state index contributed by atoms with van der Waals surface area (Å²) in [5, 5.41) is 5.96. The fourth-order valence-electron chi connectivity index (χ4n) is 3.38. The fraction of sp³-hybridized carbons (Fsp3) is 0.706. The third-order valence-electron chi connectivity index (χ3n) is 4.42. The number of fused-ring (bicyclic) bond motifs is 1. The largest absolute Gasteiger partial charge is 0.466 e. The van der Waals surface area contributed by atoms with Crippen LogP contribution < -0.4 is 10.6 Å². The van der Waals surface area contributed by atoms with E-state index < -0.39 is 0 Å². The number of rotatable bonds is 3. The molecule has 0 bridgehead atoms. The number of urea groups is 1. The van der Waals surface area contributed by atoms with Crippen molar-refractivity contribution in [2.75, 3.05) is 26.4 Å². The first-order chi connectivity index (χ1) is 10.9. The summed E-state index contributed by atoms with van der Waals surface area (Å²) < 4.78 is 16.7. The highest BCUT2D eigenvalue weighted by Gasteiger charge is 2.35. The second-order valence-corrected chi connectivity index (χ2v) is 7.26. The van der Waals surface area contributed by atoms with Gasteiger partial charge in [0.25, 0.3) is 0 Å². The molecule has 128 valence electrons. The van der Waals surface area contributed by atoms with Gasteiger partial charge in [-0.3, -0.25) is 0 Å². The topological polar surface area (TPSA) is 72.7 Å². The van der Waals surface area contributed by atoms with Crippen LogP contribution >= 0.6 is 0 Å². The predicted octanol–water partition coefficient (Wildman–Crippen LogP) is 2.32. The van der Waals surface area contributed by atoms with E-state index in [4.69, 9.17) is 13.9 Å². The minimum atomic E-state index is -0.174. The zero-order chi connectivity index (χ0) is 16.4. The third kappa shape index (κ3) is 4.06. The predicted molar refractivity (Wildman–Crippen MR) is 85.4 cm³/mol. The van der Waals surface area contributed by atoms with Gasteiger partial charge in [0.2, 0.25) is 0 Å². The van der Waals surface area contributed by atoms with Crippen molar-refractivity contribution in [1.82, 2.24) is 10.6 Å². The number of amides is 2. The van der Waals surface area contributed by atoms with Crippen LogP contribution in [0.1, 0.15) is 43.4 Å². The van der Waals surface area contributed by atoms with E-state index in [0.717, 1.165) is 29.9 Å². The van der Waals surface area contributed by atoms with Crippen molar-refractivity contribution in [3.8, 4) is 0 Å². The molecular formula is C17H26N2O4. The molecule has 3 rings (SSSR count). The van der Waals surface area contributed by atoms with Gasteiger partial charge in [-0.05, 0) is 24.8 Å². The highest BCUT2D eigenvalue weighted by atomic mass is 16.6. The Labute approximate surface area is 136 Å². The molecule has 0 aromatic carbocycles. The van der Waals surface area contributed by atoms with E-state index in [-0.39, 0.29) is 23.6 Å². The van der Waals surface area contributed by atoms with E-state index in [2.05, 4.69) is 24.5 Å². The van der Waals surface area contributed by atoms with Crippen molar-refractivity contribution in [3.05, 3.63) is 23.2 Å². The molecule has 1 aliphatic heterocycles. The van der Waals surface area contributed by atoms with Crippen LogP contribution in [-0.4, -0.2) is 38.5 Å². The number of hydrogen-bond acceptors (Lipinski definition) is 4. The molecular weight excluding hydrogens is 296 g/mol. The molecule has 2 heterocycles. The molecule has 1 saturated heterocycles. The first kappa shape index (κ1) is 16.3. The summed E-state index contributed by atoms with van der Waals surface area (Å²) in [7, 11) is 0. The van der Waals surface area contributed by atoms with Crippen LogP contribution in [0.5, 0.6) is 0 Å². The lowest BCUT2D eigenvalue weighted by molar-refractivity contribution is -0.0854. The first-order valence-electron chi connectivity index (χ1n) is 8.26. The second kappa shape index (κ2) is 6.53. The lowest BCUT2D eigenvalue weighted by atomic mass is 9.75. The molecule has 0 spiro atoms.